The number of carbonyl (C=O) groups excluding carboxylic acids is 1. The van der Waals surface area contributed by atoms with E-state index in [0.717, 1.165) is 39.7 Å². The lowest BCUT2D eigenvalue weighted by atomic mass is 9.92. The first-order chi connectivity index (χ1) is 17.0. The minimum atomic E-state index is -0.652. The van der Waals surface area contributed by atoms with Crippen LogP contribution in [0.15, 0.2) is 78.9 Å². The van der Waals surface area contributed by atoms with Gasteiger partial charge in [-0.25, -0.2) is 4.98 Å². The summed E-state index contributed by atoms with van der Waals surface area (Å²) in [6.45, 7) is 2.54. The molecule has 0 unspecified atom stereocenters. The molecular formula is C29H30N4O2. The van der Waals surface area contributed by atoms with Crippen LogP contribution in [0.25, 0.3) is 11.3 Å². The zero-order chi connectivity index (χ0) is 24.4. The molecule has 0 fully saturated rings. The van der Waals surface area contributed by atoms with Crippen molar-refractivity contribution >= 4 is 5.91 Å². The van der Waals surface area contributed by atoms with Crippen LogP contribution in [0.4, 0.5) is 0 Å². The van der Waals surface area contributed by atoms with E-state index in [-0.39, 0.29) is 11.9 Å². The third-order valence-electron chi connectivity index (χ3n) is 6.73. The van der Waals surface area contributed by atoms with Crippen LogP contribution in [-0.2, 0) is 24.2 Å². The molecule has 35 heavy (non-hydrogen) atoms. The predicted molar refractivity (Wildman–Crippen MR) is 137 cm³/mol. The van der Waals surface area contributed by atoms with E-state index in [0.29, 0.717) is 19.4 Å². The summed E-state index contributed by atoms with van der Waals surface area (Å²) in [6, 6.07) is 25.2. The monoisotopic (exact) mass is 466 g/mol. The molecule has 1 aliphatic rings. The number of aromatic nitrogens is 2. The van der Waals surface area contributed by atoms with E-state index in [9.17, 15) is 4.79 Å². The van der Waals surface area contributed by atoms with Crippen LogP contribution < -0.4 is 10.5 Å². The highest BCUT2D eigenvalue weighted by atomic mass is 16.5. The quantitative estimate of drug-likeness (QED) is 0.435. The molecule has 3 N–H and O–H groups in total. The molecule has 0 saturated carbocycles. The first-order valence-corrected chi connectivity index (χ1v) is 11.9. The number of aryl methyl sites for hydroxylation is 1. The molecule has 178 valence electrons. The van der Waals surface area contributed by atoms with Crippen LogP contribution in [0.3, 0.4) is 0 Å². The van der Waals surface area contributed by atoms with Gasteiger partial charge in [0.2, 0.25) is 5.91 Å². The minimum Gasteiger partial charge on any atom is -0.497 e. The van der Waals surface area contributed by atoms with Crippen LogP contribution in [0, 0.1) is 6.92 Å². The molecule has 3 aromatic carbocycles. The number of methoxy groups -OCH3 is 1. The number of ether oxygens (including phenoxy) is 1. The molecule has 2 heterocycles. The Morgan fingerprint density at radius 2 is 1.74 bits per heavy atom. The largest absolute Gasteiger partial charge is 0.497 e. The van der Waals surface area contributed by atoms with Crippen molar-refractivity contribution < 1.29 is 9.53 Å². The molecule has 5 rings (SSSR count). The molecule has 4 aromatic rings. The van der Waals surface area contributed by atoms with Gasteiger partial charge in [-0.1, -0.05) is 66.7 Å². The summed E-state index contributed by atoms with van der Waals surface area (Å²) in [5.41, 5.74) is 12.8. The van der Waals surface area contributed by atoms with Gasteiger partial charge in [-0.15, -0.1) is 0 Å². The number of benzene rings is 3. The summed E-state index contributed by atoms with van der Waals surface area (Å²) in [5, 5.41) is 0. The highest BCUT2D eigenvalue weighted by molar-refractivity contribution is 5.82. The van der Waals surface area contributed by atoms with Gasteiger partial charge in [-0.2, -0.15) is 0 Å². The molecule has 1 amide bonds. The maximum absolute atomic E-state index is 13.7. The number of carbonyl (C=O) groups is 1. The zero-order valence-corrected chi connectivity index (χ0v) is 20.1. The number of H-pyrrole nitrogens is 1. The zero-order valence-electron chi connectivity index (χ0n) is 20.1. The average molecular weight is 467 g/mol. The number of hydrogen-bond acceptors (Lipinski definition) is 4. The molecular weight excluding hydrogens is 436 g/mol. The Bertz CT molecular complexity index is 1310. The summed E-state index contributed by atoms with van der Waals surface area (Å²) in [5.74, 6) is 1.50. The molecule has 0 aliphatic carbocycles. The lowest BCUT2D eigenvalue weighted by Crippen LogP contribution is -2.48. The summed E-state index contributed by atoms with van der Waals surface area (Å²) < 4.78 is 5.24. The third kappa shape index (κ3) is 4.70. The van der Waals surface area contributed by atoms with Gasteiger partial charge in [-0.05, 0) is 42.2 Å². The first-order valence-electron chi connectivity index (χ1n) is 11.9. The fraction of sp³-hybridized carbons (Fsp3) is 0.241. The molecule has 0 radical (unpaired) electrons. The predicted octanol–water partition coefficient (Wildman–Crippen LogP) is 4.59. The number of aromatic amines is 1. The van der Waals surface area contributed by atoms with Crippen molar-refractivity contribution in [2.24, 2.45) is 5.73 Å². The SMILES string of the molecule is COc1ccc(C[C@H](N)C(=O)N2Cc3ccccc3C[C@@H]2c2nc(-c3ccccc3)c(C)[nH]2)cc1. The second kappa shape index (κ2) is 9.76. The second-order valence-electron chi connectivity index (χ2n) is 9.08. The van der Waals surface area contributed by atoms with E-state index >= 15 is 0 Å². The van der Waals surface area contributed by atoms with Crippen LogP contribution >= 0.6 is 0 Å². The molecule has 1 aliphatic heterocycles. The fourth-order valence-electron chi connectivity index (χ4n) is 4.83. The van der Waals surface area contributed by atoms with E-state index in [1.165, 1.54) is 5.56 Å². The lowest BCUT2D eigenvalue weighted by Gasteiger charge is -2.37. The molecule has 1 aromatic heterocycles. The van der Waals surface area contributed by atoms with Gasteiger partial charge in [-0.3, -0.25) is 4.79 Å². The molecule has 2 atom stereocenters. The highest BCUT2D eigenvalue weighted by Gasteiger charge is 2.35. The van der Waals surface area contributed by atoms with Crippen LogP contribution in [0.1, 0.15) is 34.3 Å². The Hall–Kier alpha value is -3.90. The normalized spacial score (nSPS) is 16.0. The number of rotatable bonds is 6. The summed E-state index contributed by atoms with van der Waals surface area (Å²) in [7, 11) is 1.64. The Morgan fingerprint density at radius 3 is 2.46 bits per heavy atom. The number of amides is 1. The van der Waals surface area contributed by atoms with E-state index < -0.39 is 6.04 Å². The fourth-order valence-corrected chi connectivity index (χ4v) is 4.83. The number of imidazole rings is 1. The summed E-state index contributed by atoms with van der Waals surface area (Å²) in [4.78, 5) is 24.0. The average Bonchev–Trinajstić information content (AvgIpc) is 3.29. The van der Waals surface area contributed by atoms with Crippen LogP contribution in [-0.4, -0.2) is 33.9 Å². The number of nitrogens with two attached hydrogens (primary N) is 1. The van der Waals surface area contributed by atoms with Gasteiger partial charge in [0.25, 0.3) is 0 Å². The lowest BCUT2D eigenvalue weighted by molar-refractivity contribution is -0.136. The van der Waals surface area contributed by atoms with Gasteiger partial charge >= 0.3 is 0 Å². The van der Waals surface area contributed by atoms with Gasteiger partial charge in [0, 0.05) is 24.2 Å². The number of fused-ring (bicyclic) bond motifs is 1. The molecule has 6 heteroatoms. The standard InChI is InChI=1S/C29H30N4O2/c1-19-27(21-8-4-3-5-9-21)32-28(31-19)26-17-22-10-6-7-11-23(22)18-33(26)29(34)25(30)16-20-12-14-24(35-2)15-13-20/h3-15,25-26H,16-18,30H2,1-2H3,(H,31,32)/t25-,26+/m0/s1. The van der Waals surface area contributed by atoms with E-state index in [2.05, 4.69) is 29.2 Å². The van der Waals surface area contributed by atoms with Gasteiger partial charge in [0.05, 0.1) is 24.9 Å². The second-order valence-corrected chi connectivity index (χ2v) is 9.08. The maximum atomic E-state index is 13.7. The Morgan fingerprint density at radius 1 is 1.06 bits per heavy atom. The van der Waals surface area contributed by atoms with Gasteiger partial charge < -0.3 is 20.4 Å². The van der Waals surface area contributed by atoms with Crippen molar-refractivity contribution in [1.29, 1.82) is 0 Å². The number of nitrogens with zero attached hydrogens (tertiary/aromatic N) is 2. The van der Waals surface area contributed by atoms with E-state index in [4.69, 9.17) is 15.5 Å². The van der Waals surface area contributed by atoms with E-state index in [1.807, 2.05) is 66.4 Å². The van der Waals surface area contributed by atoms with Crippen molar-refractivity contribution in [2.45, 2.75) is 38.4 Å². The number of nitrogens with one attached hydrogen (secondary N) is 1. The molecule has 6 nitrogen and oxygen atoms in total. The minimum absolute atomic E-state index is 0.0735. The highest BCUT2D eigenvalue weighted by Crippen LogP contribution is 2.34. The summed E-state index contributed by atoms with van der Waals surface area (Å²) in [6.07, 6.45) is 1.15. The van der Waals surface area contributed by atoms with Crippen LogP contribution in [0.2, 0.25) is 0 Å². The number of hydrogen-bond donors (Lipinski definition) is 2. The van der Waals surface area contributed by atoms with Gasteiger partial charge in [0.15, 0.2) is 0 Å². The van der Waals surface area contributed by atoms with Crippen molar-refractivity contribution in [1.82, 2.24) is 14.9 Å². The topological polar surface area (TPSA) is 84.2 Å². The van der Waals surface area contributed by atoms with Crippen molar-refractivity contribution in [2.75, 3.05) is 7.11 Å². The van der Waals surface area contributed by atoms with Crippen LogP contribution in [0.5, 0.6) is 5.75 Å². The van der Waals surface area contributed by atoms with Crippen molar-refractivity contribution in [3.8, 4) is 17.0 Å². The Kier molecular flexibility index (Phi) is 6.38. The van der Waals surface area contributed by atoms with Gasteiger partial charge in [0.1, 0.15) is 11.6 Å². The molecule has 0 saturated heterocycles. The Labute approximate surface area is 205 Å². The third-order valence-corrected chi connectivity index (χ3v) is 6.73. The van der Waals surface area contributed by atoms with E-state index in [1.54, 1.807) is 7.11 Å². The van der Waals surface area contributed by atoms with Crippen molar-refractivity contribution in [3.63, 3.8) is 0 Å². The smallest absolute Gasteiger partial charge is 0.240 e. The summed E-state index contributed by atoms with van der Waals surface area (Å²) >= 11 is 0. The Balaban J connectivity index is 1.45. The van der Waals surface area contributed by atoms with Crippen molar-refractivity contribution in [3.05, 3.63) is 107 Å². The molecule has 0 bridgehead atoms. The first kappa shape index (κ1) is 22.9. The maximum Gasteiger partial charge on any atom is 0.240 e. The molecule has 0 spiro atoms.